The van der Waals surface area contributed by atoms with Crippen molar-refractivity contribution >= 4 is 0 Å². The van der Waals surface area contributed by atoms with Gasteiger partial charge < -0.3 is 9.84 Å². The first-order chi connectivity index (χ1) is 7.58. The molecule has 1 aromatic rings. The number of hydrogen-bond donors (Lipinski definition) is 1. The lowest BCUT2D eigenvalue weighted by Crippen LogP contribution is -2.29. The lowest BCUT2D eigenvalue weighted by Gasteiger charge is -2.30. The maximum atomic E-state index is 10.7. The van der Waals surface area contributed by atoms with E-state index in [9.17, 15) is 5.11 Å². The quantitative estimate of drug-likeness (QED) is 0.830. The van der Waals surface area contributed by atoms with Crippen LogP contribution in [0.15, 0.2) is 18.2 Å². The van der Waals surface area contributed by atoms with Crippen LogP contribution in [0, 0.1) is 12.8 Å². The van der Waals surface area contributed by atoms with Gasteiger partial charge in [0.2, 0.25) is 0 Å². The number of aliphatic hydroxyl groups is 1. The summed E-state index contributed by atoms with van der Waals surface area (Å²) in [7, 11) is 1.67. The maximum Gasteiger partial charge on any atom is 0.119 e. The highest BCUT2D eigenvalue weighted by atomic mass is 16.5. The van der Waals surface area contributed by atoms with Crippen LogP contribution in [0.1, 0.15) is 37.3 Å². The molecule has 88 valence electrons. The molecule has 0 saturated heterocycles. The zero-order valence-electron chi connectivity index (χ0n) is 10.3. The summed E-state index contributed by atoms with van der Waals surface area (Å²) >= 11 is 0. The van der Waals surface area contributed by atoms with Crippen molar-refractivity contribution in [2.75, 3.05) is 7.11 Å². The Morgan fingerprint density at radius 2 is 2.19 bits per heavy atom. The maximum absolute atomic E-state index is 10.7. The molecule has 0 aromatic heterocycles. The Kier molecular flexibility index (Phi) is 2.94. The number of methoxy groups -OCH3 is 1. The van der Waals surface area contributed by atoms with Crippen molar-refractivity contribution in [2.45, 2.75) is 38.7 Å². The van der Waals surface area contributed by atoms with Crippen LogP contribution >= 0.6 is 0 Å². The topological polar surface area (TPSA) is 29.5 Å². The monoisotopic (exact) mass is 220 g/mol. The fraction of sp³-hybridized carbons (Fsp3) is 0.571. The zero-order valence-corrected chi connectivity index (χ0v) is 10.3. The molecule has 0 bridgehead atoms. The van der Waals surface area contributed by atoms with Gasteiger partial charge >= 0.3 is 0 Å². The molecule has 0 aliphatic heterocycles. The van der Waals surface area contributed by atoms with Crippen molar-refractivity contribution in [3.05, 3.63) is 29.3 Å². The molecule has 1 fully saturated rings. The molecule has 2 nitrogen and oxygen atoms in total. The summed E-state index contributed by atoms with van der Waals surface area (Å²) in [6, 6.07) is 5.94. The summed E-state index contributed by atoms with van der Waals surface area (Å²) in [6.07, 6.45) is 3.10. The van der Waals surface area contributed by atoms with Gasteiger partial charge in [0.15, 0.2) is 0 Å². The number of hydrogen-bond acceptors (Lipinski definition) is 2. The van der Waals surface area contributed by atoms with E-state index in [1.54, 1.807) is 7.11 Å². The number of aryl methyl sites for hydroxylation is 1. The molecule has 2 rings (SSSR count). The minimum atomic E-state index is -0.629. The smallest absolute Gasteiger partial charge is 0.119 e. The number of rotatable bonds is 2. The van der Waals surface area contributed by atoms with Gasteiger partial charge in [-0.1, -0.05) is 13.0 Å². The van der Waals surface area contributed by atoms with Crippen LogP contribution in [0.25, 0.3) is 0 Å². The van der Waals surface area contributed by atoms with Gasteiger partial charge in [0, 0.05) is 0 Å². The molecule has 0 heterocycles. The van der Waals surface area contributed by atoms with E-state index >= 15 is 0 Å². The first kappa shape index (κ1) is 11.5. The lowest BCUT2D eigenvalue weighted by atomic mass is 9.83. The number of ether oxygens (including phenoxy) is 1. The third kappa shape index (κ3) is 1.71. The van der Waals surface area contributed by atoms with Crippen molar-refractivity contribution in [1.82, 2.24) is 0 Å². The fourth-order valence-corrected chi connectivity index (χ4v) is 2.81. The summed E-state index contributed by atoms with van der Waals surface area (Å²) in [4.78, 5) is 0. The molecule has 2 atom stereocenters. The second-order valence-corrected chi connectivity index (χ2v) is 4.90. The summed E-state index contributed by atoms with van der Waals surface area (Å²) < 4.78 is 5.19. The molecule has 2 heteroatoms. The van der Waals surface area contributed by atoms with E-state index in [0.717, 1.165) is 36.1 Å². The molecular weight excluding hydrogens is 200 g/mol. The van der Waals surface area contributed by atoms with Crippen LogP contribution in [-0.2, 0) is 5.60 Å². The van der Waals surface area contributed by atoms with Crippen molar-refractivity contribution < 1.29 is 9.84 Å². The zero-order chi connectivity index (χ0) is 11.8. The van der Waals surface area contributed by atoms with E-state index in [2.05, 4.69) is 6.92 Å². The largest absolute Gasteiger partial charge is 0.497 e. The number of benzene rings is 1. The van der Waals surface area contributed by atoms with Crippen molar-refractivity contribution in [1.29, 1.82) is 0 Å². The summed E-state index contributed by atoms with van der Waals surface area (Å²) in [5, 5.41) is 10.7. The van der Waals surface area contributed by atoms with E-state index in [1.807, 2.05) is 25.1 Å². The van der Waals surface area contributed by atoms with Gasteiger partial charge in [0.05, 0.1) is 12.7 Å². The first-order valence-electron chi connectivity index (χ1n) is 5.95. The van der Waals surface area contributed by atoms with Crippen molar-refractivity contribution in [2.24, 2.45) is 5.92 Å². The molecule has 0 amide bonds. The second-order valence-electron chi connectivity index (χ2n) is 4.90. The fourth-order valence-electron chi connectivity index (χ4n) is 2.81. The van der Waals surface area contributed by atoms with Crippen LogP contribution in [0.5, 0.6) is 5.75 Å². The van der Waals surface area contributed by atoms with E-state index in [1.165, 1.54) is 0 Å². The van der Waals surface area contributed by atoms with Crippen LogP contribution in [0.2, 0.25) is 0 Å². The van der Waals surface area contributed by atoms with Gasteiger partial charge in [-0.25, -0.2) is 0 Å². The Bertz CT molecular complexity index is 386. The minimum absolute atomic E-state index is 0.347. The predicted octanol–water partition coefficient (Wildman–Crippen LogP) is 3.01. The normalized spacial score (nSPS) is 29.4. The summed E-state index contributed by atoms with van der Waals surface area (Å²) in [5.41, 5.74) is 1.56. The average molecular weight is 220 g/mol. The molecule has 16 heavy (non-hydrogen) atoms. The third-order valence-electron chi connectivity index (χ3n) is 3.91. The molecule has 1 aliphatic rings. The first-order valence-corrected chi connectivity index (χ1v) is 5.95. The Hall–Kier alpha value is -1.02. The van der Waals surface area contributed by atoms with Crippen LogP contribution in [-0.4, -0.2) is 12.2 Å². The van der Waals surface area contributed by atoms with Gasteiger partial charge in [0.25, 0.3) is 0 Å². The lowest BCUT2D eigenvalue weighted by molar-refractivity contribution is 0.00388. The van der Waals surface area contributed by atoms with Gasteiger partial charge in [-0.05, 0) is 55.4 Å². The molecule has 1 saturated carbocycles. The predicted molar refractivity (Wildman–Crippen MR) is 64.6 cm³/mol. The Morgan fingerprint density at radius 3 is 2.69 bits per heavy atom. The molecule has 1 aromatic carbocycles. The summed E-state index contributed by atoms with van der Waals surface area (Å²) in [6.45, 7) is 4.18. The SMILES string of the molecule is COc1ccc(C2(O)CCCC2C)c(C)c1. The average Bonchev–Trinajstić information content (AvgIpc) is 2.60. The molecular formula is C14H20O2. The van der Waals surface area contributed by atoms with Crippen LogP contribution in [0.4, 0.5) is 0 Å². The Labute approximate surface area is 97.3 Å². The molecule has 0 spiro atoms. The highest BCUT2D eigenvalue weighted by molar-refractivity contribution is 5.39. The highest BCUT2D eigenvalue weighted by Gasteiger charge is 2.40. The van der Waals surface area contributed by atoms with Crippen LogP contribution < -0.4 is 4.74 Å². The van der Waals surface area contributed by atoms with E-state index < -0.39 is 5.60 Å². The third-order valence-corrected chi connectivity index (χ3v) is 3.91. The van der Waals surface area contributed by atoms with Gasteiger partial charge in [-0.3, -0.25) is 0 Å². The van der Waals surface area contributed by atoms with E-state index in [0.29, 0.717) is 5.92 Å². The van der Waals surface area contributed by atoms with Crippen molar-refractivity contribution in [3.8, 4) is 5.75 Å². The molecule has 1 N–H and O–H groups in total. The van der Waals surface area contributed by atoms with Gasteiger partial charge in [-0.2, -0.15) is 0 Å². The van der Waals surface area contributed by atoms with Crippen molar-refractivity contribution in [3.63, 3.8) is 0 Å². The Balaban J connectivity index is 2.40. The van der Waals surface area contributed by atoms with Crippen LogP contribution in [0.3, 0.4) is 0 Å². The van der Waals surface area contributed by atoms with Gasteiger partial charge in [-0.15, -0.1) is 0 Å². The van der Waals surface area contributed by atoms with Gasteiger partial charge in [0.1, 0.15) is 5.75 Å². The molecule has 1 aliphatic carbocycles. The molecule has 0 radical (unpaired) electrons. The molecule has 2 unspecified atom stereocenters. The van der Waals surface area contributed by atoms with E-state index in [-0.39, 0.29) is 0 Å². The highest BCUT2D eigenvalue weighted by Crippen LogP contribution is 2.44. The van der Waals surface area contributed by atoms with E-state index in [4.69, 9.17) is 4.74 Å². The minimum Gasteiger partial charge on any atom is -0.497 e. The summed E-state index contributed by atoms with van der Waals surface area (Å²) in [5.74, 6) is 1.20. The standard InChI is InChI=1S/C14H20O2/c1-10-9-12(16-3)6-7-13(10)14(15)8-4-5-11(14)2/h6-7,9,11,15H,4-5,8H2,1-3H3. The second kappa shape index (κ2) is 4.10. The Morgan fingerprint density at radius 1 is 1.44 bits per heavy atom.